The maximum Gasteiger partial charge on any atom is 0.238 e. The van der Waals surface area contributed by atoms with Crippen LogP contribution < -0.4 is 11.1 Å². The maximum atomic E-state index is 13.0. The molecule has 4 nitrogen and oxygen atoms in total. The van der Waals surface area contributed by atoms with Gasteiger partial charge in [-0.2, -0.15) is 0 Å². The first-order chi connectivity index (χ1) is 9.06. The minimum atomic E-state index is -0.471. The van der Waals surface area contributed by atoms with Gasteiger partial charge in [-0.15, -0.1) is 0 Å². The number of hydrogen-bond donors (Lipinski definition) is 2. The largest absolute Gasteiger partial charge is 0.396 e. The molecule has 0 aromatic heterocycles. The van der Waals surface area contributed by atoms with Crippen molar-refractivity contribution in [3.63, 3.8) is 0 Å². The fourth-order valence-electron chi connectivity index (χ4n) is 2.52. The van der Waals surface area contributed by atoms with Crippen LogP contribution in [-0.4, -0.2) is 30.4 Å². The molecule has 0 spiro atoms. The minimum absolute atomic E-state index is 0.0435. The van der Waals surface area contributed by atoms with Gasteiger partial charge in [0.1, 0.15) is 5.82 Å². The number of anilines is 2. The molecule has 0 heterocycles. The second-order valence-electron chi connectivity index (χ2n) is 5.14. The van der Waals surface area contributed by atoms with Gasteiger partial charge < -0.3 is 11.1 Å². The van der Waals surface area contributed by atoms with Crippen LogP contribution in [0.3, 0.4) is 0 Å². The number of halogens is 1. The number of carbonyl (C=O) groups excluding carboxylic acids is 1. The number of amides is 1. The van der Waals surface area contributed by atoms with E-state index in [1.54, 1.807) is 0 Å². The van der Waals surface area contributed by atoms with E-state index in [1.165, 1.54) is 31.0 Å². The lowest BCUT2D eigenvalue weighted by Gasteiger charge is -2.23. The van der Waals surface area contributed by atoms with Crippen molar-refractivity contribution in [2.45, 2.75) is 31.7 Å². The number of nitrogens with two attached hydrogens (primary N) is 1. The summed E-state index contributed by atoms with van der Waals surface area (Å²) >= 11 is 0. The second kappa shape index (κ2) is 6.02. The highest BCUT2D eigenvalue weighted by atomic mass is 19.1. The van der Waals surface area contributed by atoms with Gasteiger partial charge in [0.15, 0.2) is 0 Å². The molecule has 0 radical (unpaired) electrons. The highest BCUT2D eigenvalue weighted by Gasteiger charge is 2.21. The Balaban J connectivity index is 1.88. The average Bonchev–Trinajstić information content (AvgIpc) is 2.87. The van der Waals surface area contributed by atoms with Gasteiger partial charge in [-0.25, -0.2) is 4.39 Å². The summed E-state index contributed by atoms with van der Waals surface area (Å²) in [5, 5.41) is 2.74. The van der Waals surface area contributed by atoms with E-state index >= 15 is 0 Å². The van der Waals surface area contributed by atoms with Crippen LogP contribution in [0.2, 0.25) is 0 Å². The zero-order chi connectivity index (χ0) is 13.8. The van der Waals surface area contributed by atoms with Crippen molar-refractivity contribution in [1.29, 1.82) is 0 Å². The van der Waals surface area contributed by atoms with Crippen LogP contribution in [0.1, 0.15) is 25.7 Å². The fraction of sp³-hybridized carbons (Fsp3) is 0.500. The Morgan fingerprint density at radius 1 is 1.47 bits per heavy atom. The van der Waals surface area contributed by atoms with Crippen molar-refractivity contribution in [3.05, 3.63) is 24.0 Å². The summed E-state index contributed by atoms with van der Waals surface area (Å²) in [5.74, 6) is -0.568. The van der Waals surface area contributed by atoms with Gasteiger partial charge in [-0.1, -0.05) is 12.8 Å². The van der Waals surface area contributed by atoms with Crippen molar-refractivity contribution < 1.29 is 9.18 Å². The molecule has 0 aliphatic heterocycles. The number of benzene rings is 1. The Bertz CT molecular complexity index is 458. The van der Waals surface area contributed by atoms with E-state index < -0.39 is 5.82 Å². The smallest absolute Gasteiger partial charge is 0.238 e. The predicted molar refractivity (Wildman–Crippen MR) is 74.3 cm³/mol. The van der Waals surface area contributed by atoms with Gasteiger partial charge in [0.05, 0.1) is 12.2 Å². The lowest BCUT2D eigenvalue weighted by molar-refractivity contribution is -0.117. The Kier molecular flexibility index (Phi) is 4.37. The van der Waals surface area contributed by atoms with E-state index in [0.29, 0.717) is 18.3 Å². The normalized spacial score (nSPS) is 15.9. The van der Waals surface area contributed by atoms with Gasteiger partial charge >= 0.3 is 0 Å². The summed E-state index contributed by atoms with van der Waals surface area (Å²) in [5.41, 5.74) is 6.04. The van der Waals surface area contributed by atoms with E-state index in [0.717, 1.165) is 12.8 Å². The number of carbonyl (C=O) groups is 1. The fourth-order valence-corrected chi connectivity index (χ4v) is 2.52. The third kappa shape index (κ3) is 3.67. The number of likely N-dealkylation sites (N-methyl/N-ethyl adjacent to an activating group) is 1. The summed E-state index contributed by atoms with van der Waals surface area (Å²) in [7, 11) is 1.97. The molecular weight excluding hydrogens is 245 g/mol. The van der Waals surface area contributed by atoms with E-state index in [4.69, 9.17) is 5.73 Å². The van der Waals surface area contributed by atoms with Crippen LogP contribution in [0.15, 0.2) is 18.2 Å². The standard InChI is InChI=1S/C14H20FN3O/c1-18(11-4-2-3-5-11)9-14(19)17-10-6-7-12(15)13(16)8-10/h6-8,11H,2-5,9,16H2,1H3,(H,17,19). The average molecular weight is 265 g/mol. The molecule has 1 aromatic rings. The molecule has 0 atom stereocenters. The van der Waals surface area contributed by atoms with Crippen molar-refractivity contribution in [3.8, 4) is 0 Å². The molecule has 1 aromatic carbocycles. The summed E-state index contributed by atoms with van der Waals surface area (Å²) in [6, 6.07) is 4.71. The number of rotatable bonds is 4. The molecule has 1 saturated carbocycles. The Labute approximate surface area is 112 Å². The third-order valence-electron chi connectivity index (χ3n) is 3.62. The van der Waals surface area contributed by atoms with Gasteiger partial charge in [0.25, 0.3) is 0 Å². The molecule has 0 saturated heterocycles. The third-order valence-corrected chi connectivity index (χ3v) is 3.62. The molecule has 1 amide bonds. The second-order valence-corrected chi connectivity index (χ2v) is 5.14. The van der Waals surface area contributed by atoms with Crippen molar-refractivity contribution in [1.82, 2.24) is 4.90 Å². The molecule has 19 heavy (non-hydrogen) atoms. The van der Waals surface area contributed by atoms with E-state index in [-0.39, 0.29) is 11.6 Å². The summed E-state index contributed by atoms with van der Waals surface area (Å²) in [4.78, 5) is 14.0. The Morgan fingerprint density at radius 2 is 2.16 bits per heavy atom. The quantitative estimate of drug-likeness (QED) is 0.821. The number of nitrogen functional groups attached to an aromatic ring is 1. The molecule has 1 aliphatic rings. The molecule has 0 bridgehead atoms. The highest BCUT2D eigenvalue weighted by Crippen LogP contribution is 2.22. The van der Waals surface area contributed by atoms with Crippen molar-refractivity contribution in [2.24, 2.45) is 0 Å². The Morgan fingerprint density at radius 3 is 2.79 bits per heavy atom. The predicted octanol–water partition coefficient (Wildman–Crippen LogP) is 2.22. The number of nitrogens with one attached hydrogen (secondary N) is 1. The lowest BCUT2D eigenvalue weighted by Crippen LogP contribution is -2.36. The maximum absolute atomic E-state index is 13.0. The van der Waals surface area contributed by atoms with Crippen LogP contribution in [-0.2, 0) is 4.79 Å². The summed E-state index contributed by atoms with van der Waals surface area (Å²) in [6.07, 6.45) is 4.80. The topological polar surface area (TPSA) is 58.4 Å². The van der Waals surface area contributed by atoms with Gasteiger partial charge in [-0.3, -0.25) is 9.69 Å². The van der Waals surface area contributed by atoms with Gasteiger partial charge in [-0.05, 0) is 38.1 Å². The number of hydrogen-bond acceptors (Lipinski definition) is 3. The first kappa shape index (κ1) is 13.8. The Hall–Kier alpha value is -1.62. The van der Waals surface area contributed by atoms with Crippen LogP contribution >= 0.6 is 0 Å². The minimum Gasteiger partial charge on any atom is -0.396 e. The van der Waals surface area contributed by atoms with E-state index in [9.17, 15) is 9.18 Å². The van der Waals surface area contributed by atoms with Crippen LogP contribution in [0.5, 0.6) is 0 Å². The molecule has 1 fully saturated rings. The molecular formula is C14H20FN3O. The van der Waals surface area contributed by atoms with Crippen molar-refractivity contribution in [2.75, 3.05) is 24.6 Å². The molecule has 2 rings (SSSR count). The van der Waals surface area contributed by atoms with E-state index in [1.807, 2.05) is 7.05 Å². The SMILES string of the molecule is CN(CC(=O)Nc1ccc(F)c(N)c1)C1CCCC1. The van der Waals surface area contributed by atoms with Crippen LogP contribution in [0.25, 0.3) is 0 Å². The van der Waals surface area contributed by atoms with Crippen molar-refractivity contribution >= 4 is 17.3 Å². The highest BCUT2D eigenvalue weighted by molar-refractivity contribution is 5.92. The van der Waals surface area contributed by atoms with Crippen LogP contribution in [0, 0.1) is 5.82 Å². The first-order valence-corrected chi connectivity index (χ1v) is 6.61. The van der Waals surface area contributed by atoms with Gasteiger partial charge in [0.2, 0.25) is 5.91 Å². The molecule has 0 unspecified atom stereocenters. The molecule has 5 heteroatoms. The zero-order valence-corrected chi connectivity index (χ0v) is 11.2. The van der Waals surface area contributed by atoms with Crippen LogP contribution in [0.4, 0.5) is 15.8 Å². The zero-order valence-electron chi connectivity index (χ0n) is 11.2. The number of nitrogens with zero attached hydrogens (tertiary/aromatic N) is 1. The molecule has 3 N–H and O–H groups in total. The summed E-state index contributed by atoms with van der Waals surface area (Å²) < 4.78 is 13.0. The first-order valence-electron chi connectivity index (χ1n) is 6.61. The lowest BCUT2D eigenvalue weighted by atomic mass is 10.2. The monoisotopic (exact) mass is 265 g/mol. The summed E-state index contributed by atoms with van der Waals surface area (Å²) in [6.45, 7) is 0.349. The van der Waals surface area contributed by atoms with E-state index in [2.05, 4.69) is 10.2 Å². The van der Waals surface area contributed by atoms with Gasteiger partial charge in [0, 0.05) is 11.7 Å². The molecule has 104 valence electrons. The molecule has 1 aliphatic carbocycles.